The monoisotopic (exact) mass is 449 g/mol. The molecule has 1 aliphatic heterocycles. The lowest BCUT2D eigenvalue weighted by molar-refractivity contribution is 0.0751. The molecule has 0 bridgehead atoms. The van der Waals surface area contributed by atoms with Gasteiger partial charge in [0, 0.05) is 44.5 Å². The quantitative estimate of drug-likeness (QED) is 0.591. The lowest BCUT2D eigenvalue weighted by Crippen LogP contribution is -2.34. The molecule has 166 valence electrons. The number of hydrogen-bond acceptors (Lipinski definition) is 4. The fraction of sp³-hybridized carbons (Fsp3) is 0.240. The summed E-state index contributed by atoms with van der Waals surface area (Å²) in [4.78, 5) is 17.4. The summed E-state index contributed by atoms with van der Waals surface area (Å²) < 4.78 is 28.1. The summed E-state index contributed by atoms with van der Waals surface area (Å²) in [7, 11) is -1.78. The van der Waals surface area contributed by atoms with Gasteiger partial charge in [-0.2, -0.15) is 0 Å². The molecular weight excluding hydrogens is 422 g/mol. The predicted octanol–water partition coefficient (Wildman–Crippen LogP) is 3.99. The van der Waals surface area contributed by atoms with Gasteiger partial charge in [0.2, 0.25) is 0 Å². The highest BCUT2D eigenvalue weighted by molar-refractivity contribution is 7.92. The Kier molecular flexibility index (Phi) is 6.19. The second-order valence-corrected chi connectivity index (χ2v) is 9.67. The van der Waals surface area contributed by atoms with Crippen LogP contribution >= 0.6 is 0 Å². The van der Waals surface area contributed by atoms with Crippen LogP contribution in [0.25, 0.3) is 0 Å². The Bertz CT molecular complexity index is 1210. The molecule has 1 amide bonds. The van der Waals surface area contributed by atoms with E-state index in [9.17, 15) is 13.2 Å². The van der Waals surface area contributed by atoms with Gasteiger partial charge in [-0.3, -0.25) is 9.10 Å². The Morgan fingerprint density at radius 1 is 0.938 bits per heavy atom. The summed E-state index contributed by atoms with van der Waals surface area (Å²) in [5.74, 6) is -0.171. The van der Waals surface area contributed by atoms with Gasteiger partial charge >= 0.3 is 0 Å². The minimum Gasteiger partial charge on any atom is -0.373 e. The molecule has 0 radical (unpaired) electrons. The highest BCUT2D eigenvalue weighted by Crippen LogP contribution is 2.26. The zero-order chi connectivity index (χ0) is 22.7. The third kappa shape index (κ3) is 4.21. The number of rotatable bonds is 5. The van der Waals surface area contributed by atoms with E-state index in [0.29, 0.717) is 37.4 Å². The van der Waals surface area contributed by atoms with Gasteiger partial charge in [-0.25, -0.2) is 8.42 Å². The first-order chi connectivity index (χ1) is 15.4. The standard InChI is InChI=1S/C25H27N3O3S/c1-3-28(22-12-5-4-6-13-22)32(30,31)23-14-9-11-20(18-23)25(29)27-17-16-26(2)24-15-8-7-10-21(24)19-27/h4-15,18H,3,16-17,19H2,1-2H3. The molecule has 0 saturated carbocycles. The van der Waals surface area contributed by atoms with Gasteiger partial charge in [0.1, 0.15) is 0 Å². The molecule has 0 fully saturated rings. The van der Waals surface area contributed by atoms with E-state index in [1.54, 1.807) is 42.2 Å². The van der Waals surface area contributed by atoms with Crippen LogP contribution in [-0.2, 0) is 16.6 Å². The molecule has 6 nitrogen and oxygen atoms in total. The maximum atomic E-state index is 13.4. The van der Waals surface area contributed by atoms with E-state index < -0.39 is 10.0 Å². The van der Waals surface area contributed by atoms with Crippen LogP contribution in [0.15, 0.2) is 83.8 Å². The topological polar surface area (TPSA) is 60.9 Å². The first-order valence-electron chi connectivity index (χ1n) is 10.7. The van der Waals surface area contributed by atoms with Crippen LogP contribution in [0, 0.1) is 0 Å². The van der Waals surface area contributed by atoms with Crippen molar-refractivity contribution >= 4 is 27.3 Å². The van der Waals surface area contributed by atoms with E-state index in [2.05, 4.69) is 11.0 Å². The normalized spacial score (nSPS) is 13.9. The summed E-state index contributed by atoms with van der Waals surface area (Å²) in [5.41, 5.74) is 3.16. The molecular formula is C25H27N3O3S. The van der Waals surface area contributed by atoms with Crippen LogP contribution in [0.4, 0.5) is 11.4 Å². The van der Waals surface area contributed by atoms with Gasteiger partial charge in [0.25, 0.3) is 15.9 Å². The number of nitrogens with zero attached hydrogens (tertiary/aromatic N) is 3. The third-order valence-corrected chi connectivity index (χ3v) is 7.66. The summed E-state index contributed by atoms with van der Waals surface area (Å²) in [6, 6.07) is 23.4. The Balaban J connectivity index is 1.63. The van der Waals surface area contributed by atoms with E-state index in [-0.39, 0.29) is 10.8 Å². The van der Waals surface area contributed by atoms with Gasteiger partial charge in [-0.15, -0.1) is 0 Å². The maximum Gasteiger partial charge on any atom is 0.264 e. The number of carbonyl (C=O) groups excluding carboxylic acids is 1. The van der Waals surface area contributed by atoms with Gasteiger partial charge in [-0.05, 0) is 48.9 Å². The van der Waals surface area contributed by atoms with E-state index >= 15 is 0 Å². The van der Waals surface area contributed by atoms with Crippen LogP contribution in [0.5, 0.6) is 0 Å². The summed E-state index contributed by atoms with van der Waals surface area (Å²) in [6.07, 6.45) is 0. The SMILES string of the molecule is CCN(c1ccccc1)S(=O)(=O)c1cccc(C(=O)N2CCN(C)c3ccccc3C2)c1. The fourth-order valence-electron chi connectivity index (χ4n) is 4.05. The van der Waals surface area contributed by atoms with Crippen LogP contribution in [-0.4, -0.2) is 45.9 Å². The first-order valence-corrected chi connectivity index (χ1v) is 12.1. The number of anilines is 2. The Hall–Kier alpha value is -3.32. The number of benzene rings is 3. The number of sulfonamides is 1. The maximum absolute atomic E-state index is 13.4. The van der Waals surface area contributed by atoms with E-state index in [4.69, 9.17) is 0 Å². The van der Waals surface area contributed by atoms with Crippen molar-refractivity contribution in [2.24, 2.45) is 0 Å². The van der Waals surface area contributed by atoms with E-state index in [1.807, 2.05) is 43.4 Å². The van der Waals surface area contributed by atoms with E-state index in [1.165, 1.54) is 10.4 Å². The molecule has 0 N–H and O–H groups in total. The average Bonchev–Trinajstić information content (AvgIpc) is 2.99. The van der Waals surface area contributed by atoms with Crippen molar-refractivity contribution in [3.63, 3.8) is 0 Å². The molecule has 0 spiro atoms. The second-order valence-electron chi connectivity index (χ2n) is 7.81. The van der Waals surface area contributed by atoms with Crippen LogP contribution in [0.3, 0.4) is 0 Å². The number of amides is 1. The van der Waals surface area contributed by atoms with Gasteiger partial charge < -0.3 is 9.80 Å². The van der Waals surface area contributed by atoms with Crippen molar-refractivity contribution in [2.45, 2.75) is 18.4 Å². The Morgan fingerprint density at radius 2 is 1.66 bits per heavy atom. The lowest BCUT2D eigenvalue weighted by Gasteiger charge is -2.24. The molecule has 1 aliphatic rings. The number of fused-ring (bicyclic) bond motifs is 1. The number of hydrogen-bond donors (Lipinski definition) is 0. The van der Waals surface area contributed by atoms with Crippen molar-refractivity contribution in [3.8, 4) is 0 Å². The molecule has 7 heteroatoms. The second kappa shape index (κ2) is 9.04. The third-order valence-electron chi connectivity index (χ3n) is 5.76. The molecule has 0 aliphatic carbocycles. The van der Waals surface area contributed by atoms with Gasteiger partial charge in [0.15, 0.2) is 0 Å². The molecule has 0 saturated heterocycles. The molecule has 3 aromatic rings. The Labute approximate surface area is 189 Å². The van der Waals surface area contributed by atoms with Crippen molar-refractivity contribution < 1.29 is 13.2 Å². The highest BCUT2D eigenvalue weighted by Gasteiger charge is 2.26. The highest BCUT2D eigenvalue weighted by atomic mass is 32.2. The lowest BCUT2D eigenvalue weighted by atomic mass is 10.1. The van der Waals surface area contributed by atoms with Crippen molar-refractivity contribution in [1.29, 1.82) is 0 Å². The van der Waals surface area contributed by atoms with Gasteiger partial charge in [-0.1, -0.05) is 42.5 Å². The fourth-order valence-corrected chi connectivity index (χ4v) is 5.57. The van der Waals surface area contributed by atoms with Crippen LogP contribution in [0.2, 0.25) is 0 Å². The summed E-state index contributed by atoms with van der Waals surface area (Å²) in [6.45, 7) is 3.84. The molecule has 3 aromatic carbocycles. The Morgan fingerprint density at radius 3 is 2.41 bits per heavy atom. The smallest absolute Gasteiger partial charge is 0.264 e. The largest absolute Gasteiger partial charge is 0.373 e. The van der Waals surface area contributed by atoms with Gasteiger partial charge in [0.05, 0.1) is 10.6 Å². The zero-order valence-corrected chi connectivity index (χ0v) is 19.1. The number of para-hydroxylation sites is 2. The minimum atomic E-state index is -3.80. The average molecular weight is 450 g/mol. The first kappa shape index (κ1) is 21.9. The summed E-state index contributed by atoms with van der Waals surface area (Å²) >= 11 is 0. The molecule has 32 heavy (non-hydrogen) atoms. The number of carbonyl (C=O) groups is 1. The predicted molar refractivity (Wildman–Crippen MR) is 128 cm³/mol. The summed E-state index contributed by atoms with van der Waals surface area (Å²) in [5, 5.41) is 0. The molecule has 0 unspecified atom stereocenters. The zero-order valence-electron chi connectivity index (χ0n) is 18.3. The minimum absolute atomic E-state index is 0.112. The molecule has 0 aromatic heterocycles. The van der Waals surface area contributed by atoms with Crippen molar-refractivity contribution in [1.82, 2.24) is 4.90 Å². The van der Waals surface area contributed by atoms with Crippen LogP contribution < -0.4 is 9.21 Å². The van der Waals surface area contributed by atoms with E-state index in [0.717, 1.165) is 11.3 Å². The van der Waals surface area contributed by atoms with Crippen molar-refractivity contribution in [3.05, 3.63) is 90.0 Å². The van der Waals surface area contributed by atoms with Crippen molar-refractivity contribution in [2.75, 3.05) is 35.9 Å². The van der Waals surface area contributed by atoms with Crippen LogP contribution in [0.1, 0.15) is 22.8 Å². The molecule has 1 heterocycles. The molecule has 4 rings (SSSR count). The molecule has 0 atom stereocenters. The number of likely N-dealkylation sites (N-methyl/N-ethyl adjacent to an activating group) is 1.